The van der Waals surface area contributed by atoms with Crippen molar-refractivity contribution in [3.63, 3.8) is 0 Å². The molecule has 0 aliphatic carbocycles. The van der Waals surface area contributed by atoms with Crippen molar-refractivity contribution in [2.24, 2.45) is 0 Å². The molecule has 0 radical (unpaired) electrons. The van der Waals surface area contributed by atoms with E-state index >= 15 is 0 Å². The smallest absolute Gasteiger partial charge is 0.422 e. The van der Waals surface area contributed by atoms with E-state index in [4.69, 9.17) is 9.47 Å². The third kappa shape index (κ3) is 6.29. The summed E-state index contributed by atoms with van der Waals surface area (Å²) >= 11 is 0. The molecule has 0 saturated heterocycles. The van der Waals surface area contributed by atoms with Crippen LogP contribution in [0.15, 0.2) is 24.3 Å². The van der Waals surface area contributed by atoms with Crippen molar-refractivity contribution in [2.45, 2.75) is 58.8 Å². The van der Waals surface area contributed by atoms with Crippen LogP contribution in [0.1, 0.15) is 64.4 Å². The van der Waals surface area contributed by atoms with Crippen LogP contribution in [-0.2, 0) is 14.3 Å². The molecule has 1 aromatic rings. The van der Waals surface area contributed by atoms with E-state index in [1.807, 2.05) is 26.0 Å². The molecule has 0 aliphatic heterocycles. The molecule has 1 aromatic carbocycles. The van der Waals surface area contributed by atoms with Crippen LogP contribution in [-0.4, -0.2) is 18.5 Å². The van der Waals surface area contributed by atoms with Gasteiger partial charge in [0, 0.05) is 0 Å². The summed E-state index contributed by atoms with van der Waals surface area (Å²) in [6.07, 6.45) is 5.26. The molecule has 1 rings (SSSR count). The van der Waals surface area contributed by atoms with E-state index in [-0.39, 0.29) is 12.5 Å². The normalized spacial score (nSPS) is 10.5. The second-order valence-electron chi connectivity index (χ2n) is 5.63. The maximum absolute atomic E-state index is 11.8. The number of benzene rings is 1. The fraction of sp³-hybridized carbons (Fsp3) is 0.556. The van der Waals surface area contributed by atoms with Crippen molar-refractivity contribution < 1.29 is 19.1 Å². The molecule has 0 fully saturated rings. The van der Waals surface area contributed by atoms with Gasteiger partial charge >= 0.3 is 11.9 Å². The third-order valence-corrected chi connectivity index (χ3v) is 3.39. The van der Waals surface area contributed by atoms with Gasteiger partial charge in [-0.3, -0.25) is 0 Å². The van der Waals surface area contributed by atoms with E-state index in [9.17, 15) is 9.59 Å². The minimum absolute atomic E-state index is 0.207. The van der Waals surface area contributed by atoms with E-state index in [2.05, 4.69) is 6.92 Å². The second-order valence-corrected chi connectivity index (χ2v) is 5.63. The number of para-hydroxylation sites is 1. The fourth-order valence-corrected chi connectivity index (χ4v) is 2.12. The SMILES string of the molecule is CCCCCCCOC(=O)C(=O)Oc1ccccc1C(C)C. The van der Waals surface area contributed by atoms with Crippen molar-refractivity contribution in [1.82, 2.24) is 0 Å². The molecule has 0 unspecified atom stereocenters. The molecule has 0 atom stereocenters. The van der Waals surface area contributed by atoms with Gasteiger partial charge in [0.1, 0.15) is 5.75 Å². The zero-order valence-corrected chi connectivity index (χ0v) is 13.8. The lowest BCUT2D eigenvalue weighted by atomic mass is 10.0. The maximum Gasteiger partial charge on any atom is 0.422 e. The first-order valence-corrected chi connectivity index (χ1v) is 8.04. The first-order chi connectivity index (χ1) is 10.6. The van der Waals surface area contributed by atoms with Crippen LogP contribution in [0.25, 0.3) is 0 Å². The number of ether oxygens (including phenoxy) is 2. The Balaban J connectivity index is 2.40. The predicted molar refractivity (Wildman–Crippen MR) is 85.9 cm³/mol. The van der Waals surface area contributed by atoms with E-state index < -0.39 is 11.9 Å². The zero-order valence-electron chi connectivity index (χ0n) is 13.8. The molecule has 0 aromatic heterocycles. The second kappa shape index (κ2) is 9.98. The minimum atomic E-state index is -0.957. The van der Waals surface area contributed by atoms with E-state index in [0.29, 0.717) is 5.75 Å². The van der Waals surface area contributed by atoms with E-state index in [1.54, 1.807) is 12.1 Å². The molecule has 0 heterocycles. The molecule has 22 heavy (non-hydrogen) atoms. The third-order valence-electron chi connectivity index (χ3n) is 3.39. The van der Waals surface area contributed by atoms with E-state index in [0.717, 1.165) is 24.8 Å². The van der Waals surface area contributed by atoms with Gasteiger partial charge in [0.25, 0.3) is 0 Å². The average Bonchev–Trinajstić information content (AvgIpc) is 2.50. The summed E-state index contributed by atoms with van der Waals surface area (Å²) in [5.74, 6) is -1.25. The van der Waals surface area contributed by atoms with Crippen LogP contribution in [0, 0.1) is 0 Å². The molecule has 4 nitrogen and oxygen atoms in total. The summed E-state index contributed by atoms with van der Waals surface area (Å²) in [4.78, 5) is 23.4. The summed E-state index contributed by atoms with van der Waals surface area (Å²) < 4.78 is 10.1. The van der Waals surface area contributed by atoms with Crippen molar-refractivity contribution in [2.75, 3.05) is 6.61 Å². The molecule has 122 valence electrons. The van der Waals surface area contributed by atoms with Gasteiger partial charge in [-0.2, -0.15) is 0 Å². The number of carbonyl (C=O) groups is 2. The number of rotatable bonds is 8. The summed E-state index contributed by atoms with van der Waals surface area (Å²) in [6, 6.07) is 7.21. The maximum atomic E-state index is 11.8. The van der Waals surface area contributed by atoms with Gasteiger partial charge in [-0.05, 0) is 24.0 Å². The summed E-state index contributed by atoms with van der Waals surface area (Å²) in [7, 11) is 0. The molecule has 0 spiro atoms. The quantitative estimate of drug-likeness (QED) is 0.312. The molecular weight excluding hydrogens is 280 g/mol. The monoisotopic (exact) mass is 306 g/mol. The van der Waals surface area contributed by atoms with Gasteiger partial charge in [-0.1, -0.05) is 64.7 Å². The highest BCUT2D eigenvalue weighted by molar-refractivity contribution is 6.30. The fourth-order valence-electron chi connectivity index (χ4n) is 2.12. The Morgan fingerprint density at radius 3 is 2.36 bits per heavy atom. The van der Waals surface area contributed by atoms with Crippen LogP contribution in [0.5, 0.6) is 5.75 Å². The Kier molecular flexibility index (Phi) is 8.26. The van der Waals surface area contributed by atoms with Crippen LogP contribution in [0.3, 0.4) is 0 Å². The molecular formula is C18H26O4. The number of carbonyl (C=O) groups excluding carboxylic acids is 2. The molecule has 0 amide bonds. The Hall–Kier alpha value is -1.84. The predicted octanol–water partition coefficient (Wildman–Crippen LogP) is 4.23. The van der Waals surface area contributed by atoms with Crippen molar-refractivity contribution in [1.29, 1.82) is 0 Å². The summed E-state index contributed by atoms with van der Waals surface area (Å²) in [5.41, 5.74) is 0.892. The molecule has 0 saturated carbocycles. The number of hydrogen-bond acceptors (Lipinski definition) is 4. The van der Waals surface area contributed by atoms with Gasteiger partial charge in [0.05, 0.1) is 6.61 Å². The standard InChI is InChI=1S/C18H26O4/c1-4-5-6-7-10-13-21-17(19)18(20)22-16-12-9-8-11-15(16)14(2)3/h8-9,11-12,14H,4-7,10,13H2,1-3H3. The number of esters is 2. The van der Waals surface area contributed by atoms with Crippen LogP contribution >= 0.6 is 0 Å². The first kappa shape index (κ1) is 18.2. The van der Waals surface area contributed by atoms with Gasteiger partial charge in [-0.25, -0.2) is 9.59 Å². The Morgan fingerprint density at radius 2 is 1.68 bits per heavy atom. The summed E-state index contributed by atoms with van der Waals surface area (Å²) in [6.45, 7) is 6.41. The number of hydrogen-bond donors (Lipinski definition) is 0. The molecule has 0 N–H and O–H groups in total. The Morgan fingerprint density at radius 1 is 1.00 bits per heavy atom. The van der Waals surface area contributed by atoms with Crippen molar-refractivity contribution in [3.05, 3.63) is 29.8 Å². The lowest BCUT2D eigenvalue weighted by molar-refractivity contribution is -0.162. The van der Waals surface area contributed by atoms with Crippen molar-refractivity contribution in [3.8, 4) is 5.75 Å². The van der Waals surface area contributed by atoms with Crippen LogP contribution < -0.4 is 4.74 Å². The Labute approximate surface area is 132 Å². The van der Waals surface area contributed by atoms with Gasteiger partial charge in [0.2, 0.25) is 0 Å². The van der Waals surface area contributed by atoms with Gasteiger partial charge in [-0.15, -0.1) is 0 Å². The zero-order chi connectivity index (χ0) is 16.4. The lowest BCUT2D eigenvalue weighted by Gasteiger charge is -2.12. The average molecular weight is 306 g/mol. The largest absolute Gasteiger partial charge is 0.457 e. The highest BCUT2D eigenvalue weighted by Gasteiger charge is 2.20. The van der Waals surface area contributed by atoms with Crippen LogP contribution in [0.4, 0.5) is 0 Å². The Bertz CT molecular complexity index is 480. The highest BCUT2D eigenvalue weighted by atomic mass is 16.6. The van der Waals surface area contributed by atoms with Crippen molar-refractivity contribution >= 4 is 11.9 Å². The summed E-state index contributed by atoms with van der Waals surface area (Å²) in [5, 5.41) is 0. The topological polar surface area (TPSA) is 52.6 Å². The van der Waals surface area contributed by atoms with Gasteiger partial charge in [0.15, 0.2) is 0 Å². The number of unbranched alkanes of at least 4 members (excludes halogenated alkanes) is 4. The van der Waals surface area contributed by atoms with Gasteiger partial charge < -0.3 is 9.47 Å². The first-order valence-electron chi connectivity index (χ1n) is 8.04. The highest BCUT2D eigenvalue weighted by Crippen LogP contribution is 2.25. The van der Waals surface area contributed by atoms with E-state index in [1.165, 1.54) is 12.8 Å². The lowest BCUT2D eigenvalue weighted by Crippen LogP contribution is -2.24. The van der Waals surface area contributed by atoms with Crippen LogP contribution in [0.2, 0.25) is 0 Å². The molecule has 0 bridgehead atoms. The minimum Gasteiger partial charge on any atom is -0.457 e. The molecule has 4 heteroatoms. The molecule has 0 aliphatic rings.